The van der Waals surface area contributed by atoms with Crippen molar-refractivity contribution in [3.8, 4) is 0 Å². The van der Waals surface area contributed by atoms with Gasteiger partial charge in [0.2, 0.25) is 0 Å². The molecule has 3 rings (SSSR count). The number of ether oxygens (including phenoxy) is 1. The first kappa shape index (κ1) is 16.8. The van der Waals surface area contributed by atoms with Gasteiger partial charge in [0.25, 0.3) is 0 Å². The Morgan fingerprint density at radius 2 is 1.21 bits per heavy atom. The van der Waals surface area contributed by atoms with Crippen LogP contribution in [0.15, 0.2) is 78.9 Å². The van der Waals surface area contributed by atoms with Crippen LogP contribution < -0.4 is 10.9 Å². The van der Waals surface area contributed by atoms with E-state index in [9.17, 15) is 5.02 Å². The Kier molecular flexibility index (Phi) is 5.70. The van der Waals surface area contributed by atoms with Gasteiger partial charge in [0.1, 0.15) is 0 Å². The Bertz CT molecular complexity index is 758. The molecular formula is C20H18BClO2. The Morgan fingerprint density at radius 3 is 1.79 bits per heavy atom. The molecule has 0 aliphatic heterocycles. The summed E-state index contributed by atoms with van der Waals surface area (Å²) in [5.74, 6) is 0. The molecule has 0 fully saturated rings. The predicted octanol–water partition coefficient (Wildman–Crippen LogP) is 3.15. The van der Waals surface area contributed by atoms with Gasteiger partial charge in [-0.25, -0.2) is 0 Å². The molecule has 2 nitrogen and oxygen atoms in total. The van der Waals surface area contributed by atoms with Crippen LogP contribution in [0.4, 0.5) is 0 Å². The van der Waals surface area contributed by atoms with Crippen molar-refractivity contribution in [3.63, 3.8) is 0 Å². The lowest BCUT2D eigenvalue weighted by atomic mass is 9.56. The highest BCUT2D eigenvalue weighted by Crippen LogP contribution is 2.06. The molecule has 120 valence electrons. The summed E-state index contributed by atoms with van der Waals surface area (Å²) in [6, 6.07) is 25.2. The second-order valence-electron chi connectivity index (χ2n) is 5.67. The molecule has 0 bridgehead atoms. The van der Waals surface area contributed by atoms with Crippen molar-refractivity contribution < 1.29 is 9.76 Å². The Balaban J connectivity index is 1.57. The lowest BCUT2D eigenvalue weighted by Gasteiger charge is -2.09. The summed E-state index contributed by atoms with van der Waals surface area (Å²) in [5.41, 5.74) is 3.92. The number of hydrogen-bond donors (Lipinski definition) is 1. The minimum atomic E-state index is -0.651. The van der Waals surface area contributed by atoms with E-state index in [-0.39, 0.29) is 0 Å². The summed E-state index contributed by atoms with van der Waals surface area (Å²) in [5, 5.41) is 11.1. The molecule has 4 heteroatoms. The second-order valence-corrected chi connectivity index (χ2v) is 6.11. The summed E-state index contributed by atoms with van der Waals surface area (Å²) < 4.78 is 5.73. The van der Waals surface area contributed by atoms with E-state index < -0.39 is 6.92 Å². The lowest BCUT2D eigenvalue weighted by molar-refractivity contribution is 0.107. The van der Waals surface area contributed by atoms with E-state index in [1.54, 1.807) is 12.1 Å². The van der Waals surface area contributed by atoms with Crippen molar-refractivity contribution in [2.75, 3.05) is 0 Å². The number of halogens is 1. The van der Waals surface area contributed by atoms with Crippen LogP contribution in [-0.2, 0) is 18.0 Å². The van der Waals surface area contributed by atoms with E-state index in [1.165, 1.54) is 0 Å². The second kappa shape index (κ2) is 8.16. The van der Waals surface area contributed by atoms with Crippen LogP contribution >= 0.6 is 11.6 Å². The van der Waals surface area contributed by atoms with Crippen LogP contribution in [0.25, 0.3) is 0 Å². The lowest BCUT2D eigenvalue weighted by Crippen LogP contribution is -2.42. The van der Waals surface area contributed by atoms with Gasteiger partial charge in [0.05, 0.1) is 13.2 Å². The third kappa shape index (κ3) is 4.48. The van der Waals surface area contributed by atoms with Crippen molar-refractivity contribution in [2.24, 2.45) is 0 Å². The standard InChI is InChI=1S/C20H18BClO2/c22-20-12-10-19(11-13-20)21(23)18-8-6-17(7-9-18)15-24-14-16-4-2-1-3-5-16/h1-13,23H,14-15H2. The van der Waals surface area contributed by atoms with Crippen LogP contribution in [0, 0.1) is 0 Å². The first-order valence-electron chi connectivity index (χ1n) is 7.86. The van der Waals surface area contributed by atoms with E-state index in [0.717, 1.165) is 22.1 Å². The molecule has 0 heterocycles. The third-order valence-corrected chi connectivity index (χ3v) is 4.11. The molecule has 0 atom stereocenters. The van der Waals surface area contributed by atoms with Crippen molar-refractivity contribution in [2.45, 2.75) is 13.2 Å². The van der Waals surface area contributed by atoms with Gasteiger partial charge in [-0.1, -0.05) is 78.3 Å². The summed E-state index contributed by atoms with van der Waals surface area (Å²) in [4.78, 5) is 0. The van der Waals surface area contributed by atoms with E-state index >= 15 is 0 Å². The quantitative estimate of drug-likeness (QED) is 0.701. The van der Waals surface area contributed by atoms with Gasteiger partial charge in [-0.3, -0.25) is 0 Å². The normalized spacial score (nSPS) is 10.6. The van der Waals surface area contributed by atoms with Crippen LogP contribution in [0.5, 0.6) is 0 Å². The maximum atomic E-state index is 10.4. The summed E-state index contributed by atoms with van der Waals surface area (Å²) in [6.45, 7) is 0.490. The van der Waals surface area contributed by atoms with Crippen LogP contribution in [0.2, 0.25) is 5.02 Å². The van der Waals surface area contributed by atoms with Gasteiger partial charge in [0, 0.05) is 5.02 Å². The third-order valence-electron chi connectivity index (χ3n) is 3.86. The zero-order chi connectivity index (χ0) is 16.8. The van der Waals surface area contributed by atoms with Crippen molar-refractivity contribution >= 4 is 29.4 Å². The average molecular weight is 337 g/mol. The van der Waals surface area contributed by atoms with Gasteiger partial charge in [-0.05, 0) is 34.2 Å². The Hall–Kier alpha value is -2.07. The fourth-order valence-electron chi connectivity index (χ4n) is 2.49. The Labute approximate surface area is 147 Å². The van der Waals surface area contributed by atoms with E-state index in [4.69, 9.17) is 16.3 Å². The molecule has 0 unspecified atom stereocenters. The fraction of sp³-hybridized carbons (Fsp3) is 0.100. The predicted molar refractivity (Wildman–Crippen MR) is 100 cm³/mol. The molecule has 3 aromatic rings. The molecule has 0 aliphatic rings. The molecule has 24 heavy (non-hydrogen) atoms. The van der Waals surface area contributed by atoms with Crippen LogP contribution in [0.1, 0.15) is 11.1 Å². The fourth-order valence-corrected chi connectivity index (χ4v) is 2.62. The van der Waals surface area contributed by atoms with Crippen molar-refractivity contribution in [3.05, 3.63) is 95.0 Å². The van der Waals surface area contributed by atoms with Crippen molar-refractivity contribution in [1.82, 2.24) is 0 Å². The monoisotopic (exact) mass is 336 g/mol. The number of hydrogen-bond acceptors (Lipinski definition) is 2. The van der Waals surface area contributed by atoms with Gasteiger partial charge in [-0.2, -0.15) is 0 Å². The van der Waals surface area contributed by atoms with Gasteiger partial charge < -0.3 is 9.76 Å². The molecular weight excluding hydrogens is 318 g/mol. The van der Waals surface area contributed by atoms with Gasteiger partial charge >= 0.3 is 6.92 Å². The highest BCUT2D eigenvalue weighted by atomic mass is 35.5. The zero-order valence-corrected chi connectivity index (χ0v) is 14.0. The first-order valence-corrected chi connectivity index (χ1v) is 8.24. The van der Waals surface area contributed by atoms with Gasteiger partial charge in [-0.15, -0.1) is 0 Å². The molecule has 1 N–H and O–H groups in total. The number of rotatable bonds is 6. The summed E-state index contributed by atoms with van der Waals surface area (Å²) >= 11 is 5.88. The molecule has 0 saturated heterocycles. The van der Waals surface area contributed by atoms with Crippen LogP contribution in [-0.4, -0.2) is 11.9 Å². The molecule has 0 aliphatic carbocycles. The highest BCUT2D eigenvalue weighted by Gasteiger charge is 2.16. The average Bonchev–Trinajstić information content (AvgIpc) is 2.63. The SMILES string of the molecule is OB(c1ccc(Cl)cc1)c1ccc(COCc2ccccc2)cc1. The molecule has 3 aromatic carbocycles. The van der Waals surface area contributed by atoms with Gasteiger partial charge in [0.15, 0.2) is 0 Å². The van der Waals surface area contributed by atoms with Crippen LogP contribution in [0.3, 0.4) is 0 Å². The zero-order valence-electron chi connectivity index (χ0n) is 13.2. The smallest absolute Gasteiger partial charge is 0.358 e. The molecule has 0 radical (unpaired) electrons. The summed E-state index contributed by atoms with van der Waals surface area (Å²) in [6.07, 6.45) is 0. The molecule has 0 aromatic heterocycles. The molecule has 0 amide bonds. The highest BCUT2D eigenvalue weighted by molar-refractivity contribution is 6.78. The maximum absolute atomic E-state index is 10.4. The van der Waals surface area contributed by atoms with E-state index in [2.05, 4.69) is 0 Å². The number of benzene rings is 3. The van der Waals surface area contributed by atoms with Crippen molar-refractivity contribution in [1.29, 1.82) is 0 Å². The maximum Gasteiger partial charge on any atom is 0.358 e. The molecule has 0 spiro atoms. The minimum absolute atomic E-state index is 0.548. The first-order chi connectivity index (χ1) is 11.7. The largest absolute Gasteiger partial charge is 0.443 e. The molecule has 0 saturated carbocycles. The Morgan fingerprint density at radius 1 is 0.708 bits per heavy atom. The van der Waals surface area contributed by atoms with E-state index in [0.29, 0.717) is 18.2 Å². The summed E-state index contributed by atoms with van der Waals surface area (Å²) in [7, 11) is 0. The minimum Gasteiger partial charge on any atom is -0.443 e. The topological polar surface area (TPSA) is 29.5 Å². The van der Waals surface area contributed by atoms with E-state index in [1.807, 2.05) is 66.7 Å².